The molecule has 1 saturated carbocycles. The van der Waals surface area contributed by atoms with Crippen molar-refractivity contribution >= 4 is 22.5 Å². The summed E-state index contributed by atoms with van der Waals surface area (Å²) in [4.78, 5) is 34.6. The predicted molar refractivity (Wildman–Crippen MR) is 140 cm³/mol. The Labute approximate surface area is 214 Å². The molecular formula is C28H33F2N5O2. The molecular weight excluding hydrogens is 476 g/mol. The Kier molecular flexibility index (Phi) is 6.74. The van der Waals surface area contributed by atoms with Gasteiger partial charge in [0.25, 0.3) is 11.5 Å². The molecule has 1 amide bonds. The Morgan fingerprint density at radius 1 is 1.16 bits per heavy atom. The van der Waals surface area contributed by atoms with Crippen LogP contribution in [-0.2, 0) is 7.05 Å². The van der Waals surface area contributed by atoms with Gasteiger partial charge in [-0.25, -0.2) is 8.78 Å². The van der Waals surface area contributed by atoms with Gasteiger partial charge in [-0.05, 0) is 63.8 Å². The highest BCUT2D eigenvalue weighted by Crippen LogP contribution is 2.43. The van der Waals surface area contributed by atoms with Crippen molar-refractivity contribution in [2.45, 2.75) is 58.0 Å². The number of halogens is 2. The average Bonchev–Trinajstić information content (AvgIpc) is 3.71. The van der Waals surface area contributed by atoms with Crippen molar-refractivity contribution < 1.29 is 13.6 Å². The molecule has 9 heteroatoms. The molecule has 0 bridgehead atoms. The predicted octanol–water partition coefficient (Wildman–Crippen LogP) is 4.08. The second-order valence-corrected chi connectivity index (χ2v) is 10.4. The molecule has 1 aromatic carbocycles. The van der Waals surface area contributed by atoms with Crippen molar-refractivity contribution in [1.29, 1.82) is 0 Å². The number of hydrogen-bond acceptors (Lipinski definition) is 5. The van der Waals surface area contributed by atoms with Gasteiger partial charge in [0.1, 0.15) is 5.56 Å². The van der Waals surface area contributed by atoms with Crippen LogP contribution in [0.2, 0.25) is 0 Å². The van der Waals surface area contributed by atoms with Gasteiger partial charge in [0.05, 0.1) is 22.9 Å². The van der Waals surface area contributed by atoms with Gasteiger partial charge in [-0.3, -0.25) is 14.6 Å². The third-order valence-corrected chi connectivity index (χ3v) is 7.50. The van der Waals surface area contributed by atoms with Gasteiger partial charge >= 0.3 is 0 Å². The Morgan fingerprint density at radius 3 is 2.62 bits per heavy atom. The van der Waals surface area contributed by atoms with Crippen molar-refractivity contribution in [2.75, 3.05) is 24.5 Å². The highest BCUT2D eigenvalue weighted by Gasteiger charge is 2.33. The first-order chi connectivity index (χ1) is 17.7. The van der Waals surface area contributed by atoms with Gasteiger partial charge in [0.15, 0.2) is 11.6 Å². The van der Waals surface area contributed by atoms with Crippen LogP contribution in [0.3, 0.4) is 0 Å². The minimum atomic E-state index is -0.984. The van der Waals surface area contributed by atoms with Crippen LogP contribution in [0.4, 0.5) is 14.5 Å². The number of fused-ring (bicyclic) bond motifs is 1. The van der Waals surface area contributed by atoms with Gasteiger partial charge in [0, 0.05) is 49.7 Å². The Balaban J connectivity index is 1.66. The molecule has 2 aromatic heterocycles. The Hall–Kier alpha value is -3.33. The van der Waals surface area contributed by atoms with Crippen molar-refractivity contribution in [2.24, 2.45) is 7.05 Å². The summed E-state index contributed by atoms with van der Waals surface area (Å²) in [6.45, 7) is 7.82. The van der Waals surface area contributed by atoms with Crippen molar-refractivity contribution in [3.05, 3.63) is 68.8 Å². The number of hydrogen-bond donors (Lipinski definition) is 2. The van der Waals surface area contributed by atoms with Gasteiger partial charge in [-0.2, -0.15) is 0 Å². The Bertz CT molecular complexity index is 1430. The smallest absolute Gasteiger partial charge is 0.265 e. The monoisotopic (exact) mass is 509 g/mol. The SMILES string of the molecule is Cc1cc2c(N3CCN[C@@H](C)CC3)c(C(=O)N[C@@H](C)c3ccc(F)c(F)c3)c(=O)n(C)c2c(C2CC2)n1. The van der Waals surface area contributed by atoms with Crippen molar-refractivity contribution in [3.8, 4) is 0 Å². The molecule has 5 rings (SSSR count). The molecule has 2 fully saturated rings. The summed E-state index contributed by atoms with van der Waals surface area (Å²) in [5, 5.41) is 7.18. The average molecular weight is 510 g/mol. The van der Waals surface area contributed by atoms with Gasteiger partial charge in [-0.1, -0.05) is 6.07 Å². The van der Waals surface area contributed by atoms with Crippen molar-refractivity contribution in [3.63, 3.8) is 0 Å². The van der Waals surface area contributed by atoms with Crippen molar-refractivity contribution in [1.82, 2.24) is 20.2 Å². The summed E-state index contributed by atoms with van der Waals surface area (Å²) in [6.07, 6.45) is 2.94. The lowest BCUT2D eigenvalue weighted by Crippen LogP contribution is -2.39. The van der Waals surface area contributed by atoms with Crippen LogP contribution < -0.4 is 21.1 Å². The normalized spacial score (nSPS) is 19.1. The largest absolute Gasteiger partial charge is 0.369 e. The number of carbonyl (C=O) groups is 1. The lowest BCUT2D eigenvalue weighted by Gasteiger charge is -2.28. The number of amides is 1. The molecule has 2 aliphatic rings. The zero-order valence-corrected chi connectivity index (χ0v) is 21.7. The molecule has 3 aromatic rings. The molecule has 1 aliphatic carbocycles. The van der Waals surface area contributed by atoms with Gasteiger partial charge in [-0.15, -0.1) is 0 Å². The molecule has 196 valence electrons. The first kappa shape index (κ1) is 25.3. The van der Waals surface area contributed by atoms with Crippen LogP contribution in [0.5, 0.6) is 0 Å². The maximum Gasteiger partial charge on any atom is 0.265 e. The van der Waals surface area contributed by atoms with Crippen LogP contribution >= 0.6 is 0 Å². The zero-order chi connectivity index (χ0) is 26.4. The number of benzene rings is 1. The highest BCUT2D eigenvalue weighted by atomic mass is 19.2. The maximum absolute atomic E-state index is 13.9. The number of pyridine rings is 2. The fraction of sp³-hybridized carbons (Fsp3) is 0.464. The molecule has 2 N–H and O–H groups in total. The molecule has 1 aliphatic heterocycles. The second kappa shape index (κ2) is 9.85. The van der Waals surface area contributed by atoms with Crippen LogP contribution in [0, 0.1) is 18.6 Å². The second-order valence-electron chi connectivity index (χ2n) is 10.4. The minimum Gasteiger partial charge on any atom is -0.369 e. The summed E-state index contributed by atoms with van der Waals surface area (Å²) in [5.74, 6) is -2.16. The van der Waals surface area contributed by atoms with E-state index in [1.807, 2.05) is 13.0 Å². The molecule has 2 atom stereocenters. The number of nitrogens with one attached hydrogen (secondary N) is 2. The van der Waals surface area contributed by atoms with E-state index in [9.17, 15) is 18.4 Å². The van der Waals surface area contributed by atoms with Crippen LogP contribution in [-0.4, -0.2) is 41.1 Å². The van der Waals surface area contributed by atoms with E-state index in [1.54, 1.807) is 18.5 Å². The van der Waals surface area contributed by atoms with E-state index in [1.165, 1.54) is 6.07 Å². The molecule has 1 saturated heterocycles. The third-order valence-electron chi connectivity index (χ3n) is 7.50. The van der Waals surface area contributed by atoms with E-state index in [0.717, 1.165) is 60.2 Å². The molecule has 0 spiro atoms. The first-order valence-corrected chi connectivity index (χ1v) is 12.9. The number of aromatic nitrogens is 2. The molecule has 3 heterocycles. The lowest BCUT2D eigenvalue weighted by molar-refractivity contribution is 0.0938. The number of carbonyl (C=O) groups excluding carboxylic acids is 1. The molecule has 0 unspecified atom stereocenters. The van der Waals surface area contributed by atoms with E-state index in [4.69, 9.17) is 4.98 Å². The number of rotatable bonds is 5. The fourth-order valence-electron chi connectivity index (χ4n) is 5.27. The highest BCUT2D eigenvalue weighted by molar-refractivity contribution is 6.08. The summed E-state index contributed by atoms with van der Waals surface area (Å²) >= 11 is 0. The summed E-state index contributed by atoms with van der Waals surface area (Å²) in [7, 11) is 1.69. The van der Waals surface area contributed by atoms with Crippen LogP contribution in [0.25, 0.3) is 10.9 Å². The summed E-state index contributed by atoms with van der Waals surface area (Å²) in [5.41, 5.74) is 3.24. The Morgan fingerprint density at radius 2 is 1.92 bits per heavy atom. The molecule has 0 radical (unpaired) electrons. The van der Waals surface area contributed by atoms with E-state index in [-0.39, 0.29) is 5.56 Å². The van der Waals surface area contributed by atoms with Gasteiger partial charge < -0.3 is 20.1 Å². The van der Waals surface area contributed by atoms with Crippen LogP contribution in [0.15, 0.2) is 29.1 Å². The molecule has 7 nitrogen and oxygen atoms in total. The number of nitrogens with zero attached hydrogens (tertiary/aromatic N) is 3. The number of aryl methyl sites for hydroxylation is 2. The zero-order valence-electron chi connectivity index (χ0n) is 21.7. The fourth-order valence-corrected chi connectivity index (χ4v) is 5.27. The summed E-state index contributed by atoms with van der Waals surface area (Å²) < 4.78 is 28.9. The van der Waals surface area contributed by atoms with E-state index in [2.05, 4.69) is 22.5 Å². The van der Waals surface area contributed by atoms with E-state index in [0.29, 0.717) is 36.3 Å². The number of anilines is 1. The standard InChI is InChI=1S/C28H33F2N5O2/c1-15-9-11-35(12-10-31-15)25-20-13-16(2)32-24(18-5-6-18)26(20)34(4)28(37)23(25)27(36)33-17(3)19-7-8-21(29)22(30)14-19/h7-8,13-15,17-18,31H,5-6,9-12H2,1-4H3,(H,33,36)/t15-,17-/m0/s1. The minimum absolute atomic E-state index is 0.0614. The topological polar surface area (TPSA) is 79.3 Å². The van der Waals surface area contributed by atoms with Gasteiger partial charge in [0.2, 0.25) is 0 Å². The maximum atomic E-state index is 13.9. The van der Waals surface area contributed by atoms with Crippen LogP contribution in [0.1, 0.15) is 72.4 Å². The van der Waals surface area contributed by atoms with E-state index < -0.39 is 29.1 Å². The third kappa shape index (κ3) is 4.84. The molecule has 37 heavy (non-hydrogen) atoms. The quantitative estimate of drug-likeness (QED) is 0.542. The van der Waals surface area contributed by atoms with E-state index >= 15 is 0 Å². The lowest BCUT2D eigenvalue weighted by atomic mass is 10.0. The first-order valence-electron chi connectivity index (χ1n) is 12.9. The summed E-state index contributed by atoms with van der Waals surface area (Å²) in [6, 6.07) is 5.18.